The minimum atomic E-state index is -0.627. The van der Waals surface area contributed by atoms with E-state index in [9.17, 15) is 15.0 Å². The number of hydrogen-bond acceptors (Lipinski definition) is 7. The van der Waals surface area contributed by atoms with Crippen molar-refractivity contribution < 1.29 is 29.0 Å². The molecule has 1 saturated heterocycles. The van der Waals surface area contributed by atoms with Crippen molar-refractivity contribution in [1.82, 2.24) is 10.1 Å². The molecular weight excluding hydrogens is 448 g/mol. The highest BCUT2D eigenvalue weighted by Gasteiger charge is 2.43. The van der Waals surface area contributed by atoms with Crippen molar-refractivity contribution >= 4 is 16.9 Å². The van der Waals surface area contributed by atoms with Gasteiger partial charge in [0.05, 0.1) is 18.1 Å². The number of likely N-dealkylation sites (tertiary alicyclic amines) is 1. The first-order chi connectivity index (χ1) is 17.1. The molecule has 0 radical (unpaired) electrons. The molecule has 0 amide bonds. The fourth-order valence-electron chi connectivity index (χ4n) is 6.17. The van der Waals surface area contributed by atoms with Crippen LogP contribution in [0.3, 0.4) is 0 Å². The maximum absolute atomic E-state index is 11.9. The fraction of sp³-hybridized carbons (Fsp3) is 0.704. The zero-order chi connectivity index (χ0) is 24.3. The average molecular weight is 487 g/mol. The van der Waals surface area contributed by atoms with Crippen LogP contribution in [0.4, 0.5) is 0 Å². The zero-order valence-electron chi connectivity index (χ0n) is 20.5. The first-order valence-corrected chi connectivity index (χ1v) is 13.3. The van der Waals surface area contributed by atoms with Crippen LogP contribution in [0.5, 0.6) is 11.6 Å². The van der Waals surface area contributed by atoms with E-state index in [1.54, 1.807) is 0 Å². The molecule has 8 heteroatoms. The van der Waals surface area contributed by atoms with Gasteiger partial charge in [0.1, 0.15) is 11.1 Å². The van der Waals surface area contributed by atoms with E-state index >= 15 is 0 Å². The number of hydrogen-bond donors (Lipinski definition) is 2. The van der Waals surface area contributed by atoms with Crippen molar-refractivity contribution in [2.75, 3.05) is 32.8 Å². The quantitative estimate of drug-likeness (QED) is 0.534. The number of fused-ring (bicyclic) bond motifs is 1. The molecule has 2 aromatic rings. The first-order valence-electron chi connectivity index (χ1n) is 13.3. The van der Waals surface area contributed by atoms with Gasteiger partial charge in [0.25, 0.3) is 5.88 Å². The van der Waals surface area contributed by atoms with Crippen LogP contribution in [0.25, 0.3) is 11.0 Å². The Morgan fingerprint density at radius 3 is 2.51 bits per heavy atom. The minimum Gasteiger partial charge on any atom is -0.489 e. The number of aromatic nitrogens is 1. The number of rotatable bonds is 9. The molecular formula is C27H38N2O6. The van der Waals surface area contributed by atoms with Crippen LogP contribution < -0.4 is 9.47 Å². The van der Waals surface area contributed by atoms with Crippen LogP contribution >= 0.6 is 0 Å². The Morgan fingerprint density at radius 1 is 1.09 bits per heavy atom. The fourth-order valence-corrected chi connectivity index (χ4v) is 6.17. The SMILES string of the molecule is O=C(O)C1(CN2CCC(COc3noc4cccc(OC5CCC(CO)CC5)c34)CC2)CCCC1. The van der Waals surface area contributed by atoms with Gasteiger partial charge in [0, 0.05) is 13.2 Å². The highest BCUT2D eigenvalue weighted by Crippen LogP contribution is 2.40. The molecule has 2 heterocycles. The van der Waals surface area contributed by atoms with Crippen molar-refractivity contribution in [3.05, 3.63) is 18.2 Å². The number of benzene rings is 1. The monoisotopic (exact) mass is 486 g/mol. The topological polar surface area (TPSA) is 105 Å². The molecule has 5 rings (SSSR count). The number of carboxylic acid groups (broad SMARTS) is 1. The van der Waals surface area contributed by atoms with E-state index in [0.29, 0.717) is 36.5 Å². The summed E-state index contributed by atoms with van der Waals surface area (Å²) in [5.41, 5.74) is 0.114. The molecule has 2 aliphatic carbocycles. The summed E-state index contributed by atoms with van der Waals surface area (Å²) in [5.74, 6) is 1.40. The van der Waals surface area contributed by atoms with Crippen LogP contribution in [0.1, 0.15) is 64.2 Å². The second-order valence-electron chi connectivity index (χ2n) is 10.9. The van der Waals surface area contributed by atoms with Gasteiger partial charge in [-0.25, -0.2) is 0 Å². The number of ether oxygens (including phenoxy) is 2. The van der Waals surface area contributed by atoms with E-state index in [0.717, 1.165) is 88.4 Å². The van der Waals surface area contributed by atoms with Crippen LogP contribution in [0, 0.1) is 17.3 Å². The third kappa shape index (κ3) is 5.43. The Labute approximate surface area is 206 Å². The van der Waals surface area contributed by atoms with Crippen molar-refractivity contribution in [3.63, 3.8) is 0 Å². The molecule has 8 nitrogen and oxygen atoms in total. The Morgan fingerprint density at radius 2 is 1.83 bits per heavy atom. The van der Waals surface area contributed by atoms with Gasteiger partial charge >= 0.3 is 5.97 Å². The average Bonchev–Trinajstić information content (AvgIpc) is 3.53. The number of carbonyl (C=O) groups is 1. The molecule has 2 saturated carbocycles. The highest BCUT2D eigenvalue weighted by molar-refractivity contribution is 5.88. The van der Waals surface area contributed by atoms with Gasteiger partial charge in [-0.05, 0) is 93.6 Å². The normalized spacial score (nSPS) is 25.6. The lowest BCUT2D eigenvalue weighted by atomic mass is 9.84. The van der Waals surface area contributed by atoms with Gasteiger partial charge in [-0.3, -0.25) is 4.79 Å². The highest BCUT2D eigenvalue weighted by atomic mass is 16.5. The van der Waals surface area contributed by atoms with Gasteiger partial charge in [0.15, 0.2) is 5.58 Å². The predicted molar refractivity (Wildman–Crippen MR) is 131 cm³/mol. The molecule has 0 bridgehead atoms. The van der Waals surface area contributed by atoms with Gasteiger partial charge in [-0.2, -0.15) is 0 Å². The van der Waals surface area contributed by atoms with E-state index in [4.69, 9.17) is 14.0 Å². The molecule has 0 spiro atoms. The summed E-state index contributed by atoms with van der Waals surface area (Å²) in [4.78, 5) is 14.2. The maximum atomic E-state index is 11.9. The van der Waals surface area contributed by atoms with Crippen molar-refractivity contribution in [2.24, 2.45) is 17.3 Å². The zero-order valence-corrected chi connectivity index (χ0v) is 20.5. The standard InChI is InChI=1S/C27H38N2O6/c30-16-19-6-8-21(9-7-19)34-22-4-3-5-23-24(22)25(28-35-23)33-17-20-10-14-29(15-11-20)18-27(26(31)32)12-1-2-13-27/h3-5,19-21,30H,1-2,6-18H2,(H,31,32). The lowest BCUT2D eigenvalue weighted by Crippen LogP contribution is -2.45. The van der Waals surface area contributed by atoms with E-state index in [2.05, 4.69) is 10.1 Å². The molecule has 2 N–H and O–H groups in total. The lowest BCUT2D eigenvalue weighted by molar-refractivity contribution is -0.150. The Hall–Kier alpha value is -2.32. The first kappa shape index (κ1) is 24.4. The molecule has 1 aromatic carbocycles. The van der Waals surface area contributed by atoms with E-state index < -0.39 is 11.4 Å². The van der Waals surface area contributed by atoms with E-state index in [1.807, 2.05) is 18.2 Å². The summed E-state index contributed by atoms with van der Waals surface area (Å²) in [6, 6.07) is 5.74. The molecule has 1 aliphatic heterocycles. The van der Waals surface area contributed by atoms with Crippen molar-refractivity contribution in [2.45, 2.75) is 70.3 Å². The summed E-state index contributed by atoms with van der Waals surface area (Å²) in [6.07, 6.45) is 9.60. The Bertz CT molecular complexity index is 985. The number of nitrogens with zero attached hydrogens (tertiary/aromatic N) is 2. The Balaban J connectivity index is 1.16. The second-order valence-corrected chi connectivity index (χ2v) is 10.9. The molecule has 35 heavy (non-hydrogen) atoms. The summed E-state index contributed by atoms with van der Waals surface area (Å²) in [5, 5.41) is 24.2. The van der Waals surface area contributed by atoms with Crippen molar-refractivity contribution in [1.29, 1.82) is 0 Å². The third-order valence-electron chi connectivity index (χ3n) is 8.48. The number of aliphatic hydroxyl groups is 1. The molecule has 3 fully saturated rings. The van der Waals surface area contributed by atoms with E-state index in [-0.39, 0.29) is 12.7 Å². The maximum Gasteiger partial charge on any atom is 0.310 e. The van der Waals surface area contributed by atoms with Gasteiger partial charge in [0.2, 0.25) is 0 Å². The largest absolute Gasteiger partial charge is 0.489 e. The molecule has 0 unspecified atom stereocenters. The molecule has 0 atom stereocenters. The predicted octanol–water partition coefficient (Wildman–Crippen LogP) is 4.49. The summed E-state index contributed by atoms with van der Waals surface area (Å²) >= 11 is 0. The molecule has 1 aromatic heterocycles. The minimum absolute atomic E-state index is 0.129. The Kier molecular flexibility index (Phi) is 7.48. The summed E-state index contributed by atoms with van der Waals surface area (Å²) in [7, 11) is 0. The van der Waals surface area contributed by atoms with Crippen LogP contribution in [-0.2, 0) is 4.79 Å². The lowest BCUT2D eigenvalue weighted by Gasteiger charge is -2.36. The smallest absolute Gasteiger partial charge is 0.310 e. The van der Waals surface area contributed by atoms with Crippen LogP contribution in [0.15, 0.2) is 22.7 Å². The third-order valence-corrected chi connectivity index (χ3v) is 8.48. The van der Waals surface area contributed by atoms with Gasteiger partial charge in [-0.1, -0.05) is 18.9 Å². The number of aliphatic carboxylic acids is 1. The van der Waals surface area contributed by atoms with Crippen molar-refractivity contribution in [3.8, 4) is 11.6 Å². The van der Waals surface area contributed by atoms with Crippen LogP contribution in [0.2, 0.25) is 0 Å². The van der Waals surface area contributed by atoms with E-state index in [1.165, 1.54) is 0 Å². The molecule has 3 aliphatic rings. The number of piperidine rings is 1. The second kappa shape index (κ2) is 10.7. The van der Waals surface area contributed by atoms with Gasteiger partial charge in [-0.15, -0.1) is 0 Å². The summed E-state index contributed by atoms with van der Waals surface area (Å²) in [6.45, 7) is 3.31. The molecule has 192 valence electrons. The number of aliphatic hydroxyl groups excluding tert-OH is 1. The van der Waals surface area contributed by atoms with Crippen LogP contribution in [-0.4, -0.2) is 65.2 Å². The van der Waals surface area contributed by atoms with Gasteiger partial charge < -0.3 is 29.1 Å². The number of carboxylic acids is 1. The summed E-state index contributed by atoms with van der Waals surface area (Å²) < 4.78 is 18.0.